The molecule has 0 radical (unpaired) electrons. The van der Waals surface area contributed by atoms with Gasteiger partial charge in [-0.25, -0.2) is 0 Å². The van der Waals surface area contributed by atoms with Crippen LogP contribution >= 0.6 is 0 Å². The molecule has 5 heteroatoms. The van der Waals surface area contributed by atoms with E-state index in [-0.39, 0.29) is 23.7 Å². The molecule has 0 saturated carbocycles. The maximum absolute atomic E-state index is 12.3. The standard InChI is InChI=1S/C21H29NO4/c1-3-5-11-16(21(25)26-4-2)12-7-6-10-15-22-19(23)17-13-8-9-14-18(17)20(22)24/h8-9,13-14,16H,3-7,10-12,15H2,1-2H3. The summed E-state index contributed by atoms with van der Waals surface area (Å²) >= 11 is 0. The van der Waals surface area contributed by atoms with Gasteiger partial charge in [0.25, 0.3) is 11.8 Å². The fraction of sp³-hybridized carbons (Fsp3) is 0.571. The molecule has 0 N–H and O–H groups in total. The zero-order chi connectivity index (χ0) is 18.9. The number of unbranched alkanes of at least 4 members (excludes halogenated alkanes) is 3. The van der Waals surface area contributed by atoms with Gasteiger partial charge in [0.05, 0.1) is 23.7 Å². The van der Waals surface area contributed by atoms with Crippen molar-refractivity contribution in [1.82, 2.24) is 4.90 Å². The summed E-state index contributed by atoms with van der Waals surface area (Å²) in [6.45, 7) is 4.80. The van der Waals surface area contributed by atoms with Gasteiger partial charge in [0.15, 0.2) is 0 Å². The molecule has 1 heterocycles. The Labute approximate surface area is 155 Å². The van der Waals surface area contributed by atoms with Gasteiger partial charge in [-0.05, 0) is 38.3 Å². The van der Waals surface area contributed by atoms with Gasteiger partial charge in [0, 0.05) is 6.54 Å². The van der Waals surface area contributed by atoms with Gasteiger partial charge < -0.3 is 4.74 Å². The fourth-order valence-electron chi connectivity index (χ4n) is 3.37. The van der Waals surface area contributed by atoms with Gasteiger partial charge in [0.1, 0.15) is 0 Å². The van der Waals surface area contributed by atoms with Crippen LogP contribution in [0.1, 0.15) is 79.5 Å². The van der Waals surface area contributed by atoms with E-state index in [1.54, 1.807) is 24.3 Å². The van der Waals surface area contributed by atoms with Gasteiger partial charge in [-0.15, -0.1) is 0 Å². The first-order chi connectivity index (χ1) is 12.6. The van der Waals surface area contributed by atoms with Crippen molar-refractivity contribution in [1.29, 1.82) is 0 Å². The number of carbonyl (C=O) groups is 3. The molecule has 142 valence electrons. The zero-order valence-corrected chi connectivity index (χ0v) is 15.8. The lowest BCUT2D eigenvalue weighted by Crippen LogP contribution is -2.30. The Kier molecular flexibility index (Phi) is 7.82. The van der Waals surface area contributed by atoms with E-state index in [9.17, 15) is 14.4 Å². The van der Waals surface area contributed by atoms with Crippen LogP contribution in [0.25, 0.3) is 0 Å². The van der Waals surface area contributed by atoms with Crippen LogP contribution in [-0.2, 0) is 9.53 Å². The Hall–Kier alpha value is -2.17. The lowest BCUT2D eigenvalue weighted by Gasteiger charge is -2.16. The molecule has 0 spiro atoms. The summed E-state index contributed by atoms with van der Waals surface area (Å²) in [5.41, 5.74) is 0.999. The number of nitrogens with zero attached hydrogens (tertiary/aromatic N) is 1. The Morgan fingerprint density at radius 1 is 0.962 bits per heavy atom. The molecular formula is C21H29NO4. The van der Waals surface area contributed by atoms with Crippen LogP contribution in [0.3, 0.4) is 0 Å². The highest BCUT2D eigenvalue weighted by Crippen LogP contribution is 2.23. The molecule has 1 aliphatic heterocycles. The first-order valence-corrected chi connectivity index (χ1v) is 9.72. The zero-order valence-electron chi connectivity index (χ0n) is 15.8. The van der Waals surface area contributed by atoms with Crippen molar-refractivity contribution in [2.75, 3.05) is 13.2 Å². The molecule has 0 aromatic heterocycles. The van der Waals surface area contributed by atoms with Crippen molar-refractivity contribution in [3.63, 3.8) is 0 Å². The highest BCUT2D eigenvalue weighted by molar-refractivity contribution is 6.21. The minimum Gasteiger partial charge on any atom is -0.466 e. The maximum atomic E-state index is 12.3. The number of esters is 1. The smallest absolute Gasteiger partial charge is 0.308 e. The summed E-state index contributed by atoms with van der Waals surface area (Å²) in [6, 6.07) is 6.96. The van der Waals surface area contributed by atoms with Crippen LogP contribution in [0, 0.1) is 5.92 Å². The van der Waals surface area contributed by atoms with Crippen LogP contribution in [0.4, 0.5) is 0 Å². The Balaban J connectivity index is 1.75. The van der Waals surface area contributed by atoms with E-state index in [1.807, 2.05) is 6.92 Å². The average Bonchev–Trinajstić information content (AvgIpc) is 2.89. The highest BCUT2D eigenvalue weighted by Gasteiger charge is 2.34. The number of carbonyl (C=O) groups excluding carboxylic acids is 3. The molecule has 0 aliphatic carbocycles. The summed E-state index contributed by atoms with van der Waals surface area (Å²) in [5, 5.41) is 0. The van der Waals surface area contributed by atoms with E-state index in [4.69, 9.17) is 4.74 Å². The van der Waals surface area contributed by atoms with Gasteiger partial charge in [-0.1, -0.05) is 44.7 Å². The summed E-state index contributed by atoms with van der Waals surface area (Å²) in [5.74, 6) is -0.522. The largest absolute Gasteiger partial charge is 0.466 e. The first kappa shape index (κ1) is 20.1. The normalized spacial score (nSPS) is 14.5. The van der Waals surface area contributed by atoms with Crippen molar-refractivity contribution < 1.29 is 19.1 Å². The minimum atomic E-state index is -0.196. The molecule has 5 nitrogen and oxygen atoms in total. The van der Waals surface area contributed by atoms with E-state index in [0.717, 1.165) is 44.9 Å². The number of hydrogen-bond donors (Lipinski definition) is 0. The van der Waals surface area contributed by atoms with Crippen molar-refractivity contribution in [2.45, 2.75) is 58.8 Å². The molecule has 26 heavy (non-hydrogen) atoms. The number of hydrogen-bond acceptors (Lipinski definition) is 4. The number of fused-ring (bicyclic) bond motifs is 1. The van der Waals surface area contributed by atoms with Crippen LogP contribution < -0.4 is 0 Å². The maximum Gasteiger partial charge on any atom is 0.308 e. The molecule has 1 aliphatic rings. The topological polar surface area (TPSA) is 63.7 Å². The summed E-state index contributed by atoms with van der Waals surface area (Å²) in [4.78, 5) is 38.0. The molecule has 1 aromatic rings. The van der Waals surface area contributed by atoms with Gasteiger partial charge in [-0.2, -0.15) is 0 Å². The minimum absolute atomic E-state index is 0.0331. The molecule has 1 aromatic carbocycles. The predicted octanol–water partition coefficient (Wildman–Crippen LogP) is 4.21. The molecule has 0 saturated heterocycles. The van der Waals surface area contributed by atoms with Crippen LogP contribution in [-0.4, -0.2) is 35.8 Å². The monoisotopic (exact) mass is 359 g/mol. The van der Waals surface area contributed by atoms with Crippen molar-refractivity contribution in [2.24, 2.45) is 5.92 Å². The third-order valence-electron chi connectivity index (χ3n) is 4.84. The number of amides is 2. The second-order valence-corrected chi connectivity index (χ2v) is 6.75. The van der Waals surface area contributed by atoms with Crippen LogP contribution in [0.2, 0.25) is 0 Å². The highest BCUT2D eigenvalue weighted by atomic mass is 16.5. The molecule has 2 rings (SSSR count). The van der Waals surface area contributed by atoms with E-state index in [1.165, 1.54) is 4.90 Å². The number of benzene rings is 1. The summed E-state index contributed by atoms with van der Waals surface area (Å²) in [6.07, 6.45) is 6.31. The lowest BCUT2D eigenvalue weighted by molar-refractivity contribution is -0.148. The van der Waals surface area contributed by atoms with E-state index in [2.05, 4.69) is 6.92 Å². The number of imide groups is 1. The predicted molar refractivity (Wildman–Crippen MR) is 99.9 cm³/mol. The van der Waals surface area contributed by atoms with Crippen molar-refractivity contribution in [3.8, 4) is 0 Å². The molecule has 0 fully saturated rings. The molecule has 0 bridgehead atoms. The van der Waals surface area contributed by atoms with Crippen molar-refractivity contribution in [3.05, 3.63) is 35.4 Å². The molecular weight excluding hydrogens is 330 g/mol. The third kappa shape index (κ3) is 4.93. The Bertz CT molecular complexity index is 606. The average molecular weight is 359 g/mol. The second-order valence-electron chi connectivity index (χ2n) is 6.75. The van der Waals surface area contributed by atoms with Gasteiger partial charge >= 0.3 is 5.97 Å². The molecule has 1 unspecified atom stereocenters. The van der Waals surface area contributed by atoms with E-state index < -0.39 is 0 Å². The Morgan fingerprint density at radius 2 is 1.58 bits per heavy atom. The van der Waals surface area contributed by atoms with E-state index >= 15 is 0 Å². The van der Waals surface area contributed by atoms with Crippen LogP contribution in [0.15, 0.2) is 24.3 Å². The van der Waals surface area contributed by atoms with Gasteiger partial charge in [-0.3, -0.25) is 19.3 Å². The number of rotatable bonds is 11. The SMILES string of the molecule is CCCCC(CCCCCN1C(=O)c2ccccc2C1=O)C(=O)OCC. The second kappa shape index (κ2) is 10.1. The first-order valence-electron chi connectivity index (χ1n) is 9.72. The quantitative estimate of drug-likeness (QED) is 0.337. The number of ether oxygens (including phenoxy) is 1. The van der Waals surface area contributed by atoms with Gasteiger partial charge in [0.2, 0.25) is 0 Å². The summed E-state index contributed by atoms with van der Waals surface area (Å²) < 4.78 is 5.17. The van der Waals surface area contributed by atoms with Crippen molar-refractivity contribution >= 4 is 17.8 Å². The lowest BCUT2D eigenvalue weighted by atomic mass is 9.95. The fourth-order valence-corrected chi connectivity index (χ4v) is 3.37. The third-order valence-corrected chi connectivity index (χ3v) is 4.84. The molecule has 2 amide bonds. The van der Waals surface area contributed by atoms with E-state index in [0.29, 0.717) is 24.3 Å². The van der Waals surface area contributed by atoms with Crippen LogP contribution in [0.5, 0.6) is 0 Å². The Morgan fingerprint density at radius 3 is 2.15 bits per heavy atom. The molecule has 1 atom stereocenters. The summed E-state index contributed by atoms with van der Waals surface area (Å²) in [7, 11) is 0.